The summed E-state index contributed by atoms with van der Waals surface area (Å²) in [7, 11) is 0. The molecule has 1 saturated carbocycles. The van der Waals surface area contributed by atoms with E-state index in [-0.39, 0.29) is 12.2 Å². The van der Waals surface area contributed by atoms with Gasteiger partial charge in [0.2, 0.25) is 5.82 Å². The molecule has 9 nitrogen and oxygen atoms in total. The zero-order valence-electron chi connectivity index (χ0n) is 16.2. The van der Waals surface area contributed by atoms with Crippen molar-refractivity contribution in [1.29, 1.82) is 0 Å². The Balaban J connectivity index is 1.34. The number of anilines is 1. The first-order chi connectivity index (χ1) is 15.0. The summed E-state index contributed by atoms with van der Waals surface area (Å²) < 4.78 is 32.4. The highest BCUT2D eigenvalue weighted by Crippen LogP contribution is 2.33. The number of rotatable bonds is 6. The maximum Gasteiger partial charge on any atom is 0.414 e. The molecule has 1 N–H and O–H groups in total. The van der Waals surface area contributed by atoms with Crippen LogP contribution < -0.4 is 4.90 Å². The fourth-order valence-electron chi connectivity index (χ4n) is 3.37. The summed E-state index contributed by atoms with van der Waals surface area (Å²) in [6.07, 6.45) is 0.435. The number of carbonyl (C=O) groups excluding carboxylic acids is 1. The predicted octanol–water partition coefficient (Wildman–Crippen LogP) is 2.53. The molecule has 1 amide bonds. The smallest absolute Gasteiger partial charge is 0.414 e. The van der Waals surface area contributed by atoms with Crippen LogP contribution in [0, 0.1) is 5.82 Å². The van der Waals surface area contributed by atoms with Gasteiger partial charge < -0.3 is 9.84 Å². The minimum atomic E-state index is -1.41. The first-order valence-electron chi connectivity index (χ1n) is 9.81. The third-order valence-electron chi connectivity index (χ3n) is 5.29. The number of amides is 1. The predicted molar refractivity (Wildman–Crippen MR) is 104 cm³/mol. The lowest BCUT2D eigenvalue weighted by molar-refractivity contribution is 0.0188. The summed E-state index contributed by atoms with van der Waals surface area (Å²) in [5.74, 6) is -0.154. The monoisotopic (exact) mass is 428 g/mol. The van der Waals surface area contributed by atoms with Crippen LogP contribution in [0.3, 0.4) is 0 Å². The van der Waals surface area contributed by atoms with Crippen molar-refractivity contribution in [3.8, 4) is 22.6 Å². The molecule has 1 saturated heterocycles. The molecule has 3 aromatic rings. The Bertz CT molecular complexity index is 1120. The molecule has 1 unspecified atom stereocenters. The Hall–Kier alpha value is -3.47. The second-order valence-electron chi connectivity index (χ2n) is 7.52. The van der Waals surface area contributed by atoms with Crippen molar-refractivity contribution in [3.05, 3.63) is 42.3 Å². The van der Waals surface area contributed by atoms with E-state index in [0.717, 1.165) is 17.7 Å². The normalized spacial score (nSPS) is 19.5. The molecule has 0 bridgehead atoms. The van der Waals surface area contributed by atoms with Gasteiger partial charge in [-0.1, -0.05) is 6.07 Å². The first-order valence-corrected chi connectivity index (χ1v) is 9.81. The zero-order chi connectivity index (χ0) is 21.5. The van der Waals surface area contributed by atoms with Crippen LogP contribution >= 0.6 is 0 Å². The average molecular weight is 428 g/mol. The molecule has 1 aliphatic heterocycles. The van der Waals surface area contributed by atoms with E-state index in [1.54, 1.807) is 23.0 Å². The highest BCUT2D eigenvalue weighted by Gasteiger charge is 2.37. The lowest BCUT2D eigenvalue weighted by Crippen LogP contribution is -2.32. The number of nitrogens with zero attached hydrogens (tertiary/aromatic N) is 6. The number of ether oxygens (including phenoxy) is 1. The third-order valence-corrected chi connectivity index (χ3v) is 5.29. The van der Waals surface area contributed by atoms with Gasteiger partial charge in [0.05, 0.1) is 18.3 Å². The Labute approximate surface area is 175 Å². The van der Waals surface area contributed by atoms with E-state index in [9.17, 15) is 18.7 Å². The number of tetrazole rings is 1. The molecule has 2 aliphatic rings. The molecule has 160 valence electrons. The topological polar surface area (TPSA) is 106 Å². The van der Waals surface area contributed by atoms with E-state index >= 15 is 0 Å². The van der Waals surface area contributed by atoms with Crippen molar-refractivity contribution in [2.24, 2.45) is 0 Å². The van der Waals surface area contributed by atoms with Gasteiger partial charge in [0.1, 0.15) is 24.3 Å². The van der Waals surface area contributed by atoms with Crippen LogP contribution in [-0.2, 0) is 4.74 Å². The zero-order valence-corrected chi connectivity index (χ0v) is 16.2. The van der Waals surface area contributed by atoms with Crippen LogP contribution in [0.25, 0.3) is 22.6 Å². The Morgan fingerprint density at radius 2 is 2.10 bits per heavy atom. The second kappa shape index (κ2) is 7.65. The van der Waals surface area contributed by atoms with Crippen molar-refractivity contribution in [2.45, 2.75) is 31.1 Å². The summed E-state index contributed by atoms with van der Waals surface area (Å²) >= 11 is 0. The van der Waals surface area contributed by atoms with Gasteiger partial charge in [-0.15, -0.1) is 10.2 Å². The standard InChI is InChI=1S/C20H18F2N6O3/c21-8-17(29)18-10-27(20(30)31-18)13-4-5-14(15(22)7-13)11-1-6-16(23-9-11)19-24-26-28(25-19)12-2-3-12/h1,4-7,9,12,17-18,29H,2-3,8,10H2/t17?,18-/m0/s1. The van der Waals surface area contributed by atoms with Gasteiger partial charge in [0, 0.05) is 17.3 Å². The van der Waals surface area contributed by atoms with Crippen LogP contribution in [0.4, 0.5) is 19.3 Å². The number of aliphatic hydroxyl groups is 1. The second-order valence-corrected chi connectivity index (χ2v) is 7.52. The van der Waals surface area contributed by atoms with Crippen molar-refractivity contribution < 1.29 is 23.4 Å². The third kappa shape index (κ3) is 3.72. The van der Waals surface area contributed by atoms with E-state index in [1.165, 1.54) is 18.3 Å². The van der Waals surface area contributed by atoms with Gasteiger partial charge in [-0.2, -0.15) is 4.80 Å². The molecule has 11 heteroatoms. The van der Waals surface area contributed by atoms with Crippen LogP contribution in [-0.4, -0.2) is 61.8 Å². The molecule has 0 radical (unpaired) electrons. The van der Waals surface area contributed by atoms with Crippen molar-refractivity contribution in [2.75, 3.05) is 18.1 Å². The van der Waals surface area contributed by atoms with Crippen LogP contribution in [0.2, 0.25) is 0 Å². The number of hydrogen-bond acceptors (Lipinski definition) is 7. The highest BCUT2D eigenvalue weighted by atomic mass is 19.1. The lowest BCUT2D eigenvalue weighted by Gasteiger charge is -2.15. The Morgan fingerprint density at radius 1 is 1.26 bits per heavy atom. The molecular weight excluding hydrogens is 410 g/mol. The maximum absolute atomic E-state index is 14.8. The number of aliphatic hydroxyl groups excluding tert-OH is 1. The van der Waals surface area contributed by atoms with E-state index in [0.29, 0.717) is 28.7 Å². The summed E-state index contributed by atoms with van der Waals surface area (Å²) in [5, 5.41) is 21.9. The first kappa shape index (κ1) is 19.5. The largest absolute Gasteiger partial charge is 0.441 e. The maximum atomic E-state index is 14.8. The molecule has 5 rings (SSSR count). The van der Waals surface area contributed by atoms with Gasteiger partial charge in [0.15, 0.2) is 6.10 Å². The molecule has 0 spiro atoms. The molecule has 2 atom stereocenters. The highest BCUT2D eigenvalue weighted by molar-refractivity contribution is 5.90. The Kier molecular flexibility index (Phi) is 4.81. The van der Waals surface area contributed by atoms with Crippen LogP contribution in [0.5, 0.6) is 0 Å². The van der Waals surface area contributed by atoms with Crippen molar-refractivity contribution >= 4 is 11.8 Å². The SMILES string of the molecule is O=C1O[C@H](C(O)CF)CN1c1ccc(-c2ccc(-c3nnn(C4CC4)n3)nc2)c(F)c1. The average Bonchev–Trinajstić information content (AvgIpc) is 3.38. The van der Waals surface area contributed by atoms with E-state index in [2.05, 4.69) is 20.4 Å². The van der Waals surface area contributed by atoms with Gasteiger partial charge in [-0.3, -0.25) is 9.88 Å². The van der Waals surface area contributed by atoms with Crippen molar-refractivity contribution in [1.82, 2.24) is 25.2 Å². The summed E-state index contributed by atoms with van der Waals surface area (Å²) in [4.78, 5) is 19.1. The molecule has 3 heterocycles. The molecule has 2 aromatic heterocycles. The number of benzene rings is 1. The minimum Gasteiger partial charge on any atom is -0.441 e. The molecule has 1 aromatic carbocycles. The van der Waals surface area contributed by atoms with Crippen LogP contribution in [0.15, 0.2) is 36.5 Å². The molecule has 1 aliphatic carbocycles. The Morgan fingerprint density at radius 3 is 2.77 bits per heavy atom. The summed E-state index contributed by atoms with van der Waals surface area (Å²) in [5.41, 5.74) is 1.62. The number of aromatic nitrogens is 5. The van der Waals surface area contributed by atoms with Gasteiger partial charge in [0.25, 0.3) is 0 Å². The van der Waals surface area contributed by atoms with E-state index < -0.39 is 30.8 Å². The van der Waals surface area contributed by atoms with Gasteiger partial charge >= 0.3 is 6.09 Å². The summed E-state index contributed by atoms with van der Waals surface area (Å²) in [6.45, 7) is -1.10. The number of pyridine rings is 1. The number of cyclic esters (lactones) is 1. The van der Waals surface area contributed by atoms with E-state index in [1.807, 2.05) is 0 Å². The fourth-order valence-corrected chi connectivity index (χ4v) is 3.37. The quantitative estimate of drug-likeness (QED) is 0.643. The fraction of sp³-hybridized carbons (Fsp3) is 0.350. The summed E-state index contributed by atoms with van der Waals surface area (Å²) in [6, 6.07) is 7.98. The van der Waals surface area contributed by atoms with E-state index in [4.69, 9.17) is 4.74 Å². The van der Waals surface area contributed by atoms with Gasteiger partial charge in [-0.05, 0) is 42.3 Å². The molecule has 31 heavy (non-hydrogen) atoms. The van der Waals surface area contributed by atoms with Crippen LogP contribution in [0.1, 0.15) is 18.9 Å². The van der Waals surface area contributed by atoms with Gasteiger partial charge in [-0.25, -0.2) is 13.6 Å². The van der Waals surface area contributed by atoms with Crippen molar-refractivity contribution in [3.63, 3.8) is 0 Å². The number of halogens is 2. The number of hydrogen-bond donors (Lipinski definition) is 1. The molecule has 2 fully saturated rings. The molecular formula is C20H18F2N6O3. The number of carbonyl (C=O) groups is 1. The number of alkyl halides is 1. The lowest BCUT2D eigenvalue weighted by atomic mass is 10.1. The minimum absolute atomic E-state index is 0.0620.